The van der Waals surface area contributed by atoms with Gasteiger partial charge in [-0.3, -0.25) is 14.9 Å². The number of hydrogen-bond donors (Lipinski definition) is 0. The molecule has 142 valence electrons. The zero-order valence-corrected chi connectivity index (χ0v) is 14.7. The van der Waals surface area contributed by atoms with Gasteiger partial charge in [-0.25, -0.2) is 4.68 Å². The van der Waals surface area contributed by atoms with E-state index in [1.165, 1.54) is 12.1 Å². The highest BCUT2D eigenvalue weighted by molar-refractivity contribution is 5.92. The fourth-order valence-corrected chi connectivity index (χ4v) is 3.54. The lowest BCUT2D eigenvalue weighted by Gasteiger charge is -2.34. The zero-order chi connectivity index (χ0) is 18.8. The number of non-ortho nitro benzene ring substituents is 1. The molecule has 2 saturated heterocycles. The molecule has 2 aliphatic rings. The number of nitro groups is 1. The van der Waals surface area contributed by atoms with Crippen LogP contribution in [0.1, 0.15) is 23.3 Å². The van der Waals surface area contributed by atoms with E-state index in [1.807, 2.05) is 0 Å². The molecule has 9 heteroatoms. The van der Waals surface area contributed by atoms with E-state index in [4.69, 9.17) is 9.47 Å². The highest BCUT2D eigenvalue weighted by atomic mass is 16.7. The van der Waals surface area contributed by atoms with Crippen molar-refractivity contribution in [3.63, 3.8) is 0 Å². The fraction of sp³-hybridized carbons (Fsp3) is 0.444. The lowest BCUT2D eigenvalue weighted by Crippen LogP contribution is -2.44. The predicted octanol–water partition coefficient (Wildman–Crippen LogP) is 2.01. The van der Waals surface area contributed by atoms with Gasteiger partial charge in [-0.2, -0.15) is 5.10 Å². The van der Waals surface area contributed by atoms with Crippen molar-refractivity contribution in [3.05, 3.63) is 52.3 Å². The maximum Gasteiger partial charge on any atom is 0.274 e. The van der Waals surface area contributed by atoms with Crippen LogP contribution in [0.25, 0.3) is 5.69 Å². The van der Waals surface area contributed by atoms with Crippen LogP contribution in [0.3, 0.4) is 0 Å². The molecule has 0 radical (unpaired) electrons. The first kappa shape index (κ1) is 17.6. The normalized spacial score (nSPS) is 20.7. The van der Waals surface area contributed by atoms with Gasteiger partial charge in [0.25, 0.3) is 11.6 Å². The van der Waals surface area contributed by atoms with Crippen LogP contribution in [0.4, 0.5) is 5.69 Å². The molecule has 9 nitrogen and oxygen atoms in total. The molecule has 1 unspecified atom stereocenters. The number of piperidine rings is 1. The number of rotatable bonds is 4. The van der Waals surface area contributed by atoms with Gasteiger partial charge in [0.2, 0.25) is 0 Å². The molecule has 2 fully saturated rings. The van der Waals surface area contributed by atoms with Gasteiger partial charge in [0.1, 0.15) is 0 Å². The van der Waals surface area contributed by atoms with Crippen molar-refractivity contribution < 1.29 is 19.2 Å². The molecule has 2 aliphatic heterocycles. The molecule has 0 saturated carbocycles. The highest BCUT2D eigenvalue weighted by Crippen LogP contribution is 2.26. The van der Waals surface area contributed by atoms with Crippen molar-refractivity contribution in [2.45, 2.75) is 19.1 Å². The van der Waals surface area contributed by atoms with Gasteiger partial charge in [0, 0.05) is 37.3 Å². The van der Waals surface area contributed by atoms with Gasteiger partial charge in [-0.05, 0) is 31.0 Å². The summed E-state index contributed by atoms with van der Waals surface area (Å²) in [5.74, 6) is 0.0558. The molecule has 0 N–H and O–H groups in total. The number of likely N-dealkylation sites (tertiary alicyclic amines) is 1. The quantitative estimate of drug-likeness (QED) is 0.601. The van der Waals surface area contributed by atoms with Gasteiger partial charge in [-0.15, -0.1) is 0 Å². The van der Waals surface area contributed by atoms with Crippen LogP contribution in [0.2, 0.25) is 0 Å². The first-order valence-corrected chi connectivity index (χ1v) is 8.95. The van der Waals surface area contributed by atoms with E-state index in [-0.39, 0.29) is 23.8 Å². The summed E-state index contributed by atoms with van der Waals surface area (Å²) in [5.41, 5.74) is 1.02. The number of ether oxygens (including phenoxy) is 2. The van der Waals surface area contributed by atoms with E-state index in [1.54, 1.807) is 34.0 Å². The van der Waals surface area contributed by atoms with E-state index >= 15 is 0 Å². The van der Waals surface area contributed by atoms with Crippen LogP contribution >= 0.6 is 0 Å². The van der Waals surface area contributed by atoms with E-state index in [0.717, 1.165) is 12.8 Å². The van der Waals surface area contributed by atoms with Crippen LogP contribution in [0.15, 0.2) is 36.5 Å². The number of nitrogens with zero attached hydrogens (tertiary/aromatic N) is 4. The van der Waals surface area contributed by atoms with E-state index in [0.29, 0.717) is 37.7 Å². The predicted molar refractivity (Wildman–Crippen MR) is 94.5 cm³/mol. The van der Waals surface area contributed by atoms with Gasteiger partial charge in [0.15, 0.2) is 12.0 Å². The average molecular weight is 372 g/mol. The molecule has 0 aliphatic carbocycles. The number of aromatic nitrogens is 2. The molecule has 3 heterocycles. The number of carbonyl (C=O) groups excluding carboxylic acids is 1. The van der Waals surface area contributed by atoms with Crippen molar-refractivity contribution in [1.29, 1.82) is 0 Å². The Balaban J connectivity index is 1.45. The summed E-state index contributed by atoms with van der Waals surface area (Å²) in [6, 6.07) is 7.69. The first-order valence-electron chi connectivity index (χ1n) is 8.95. The van der Waals surface area contributed by atoms with Gasteiger partial charge >= 0.3 is 0 Å². The van der Waals surface area contributed by atoms with Crippen molar-refractivity contribution in [1.82, 2.24) is 14.7 Å². The van der Waals surface area contributed by atoms with E-state index in [9.17, 15) is 14.9 Å². The molecule has 4 rings (SSSR count). The van der Waals surface area contributed by atoms with Crippen molar-refractivity contribution in [2.75, 3.05) is 26.3 Å². The second-order valence-electron chi connectivity index (χ2n) is 6.68. The molecule has 0 spiro atoms. The van der Waals surface area contributed by atoms with Gasteiger partial charge in [-0.1, -0.05) is 0 Å². The molecule has 1 amide bonds. The molecule has 1 atom stereocenters. The summed E-state index contributed by atoms with van der Waals surface area (Å²) in [4.78, 5) is 24.9. The standard InChI is InChI=1S/C18H20N4O5/c23-17(20-8-1-2-13(12-20)18-26-10-11-27-18)16-7-9-21(19-16)14-3-5-15(6-4-14)22(24)25/h3-7,9,13,18H,1-2,8,10-12H2. The third kappa shape index (κ3) is 3.69. The maximum absolute atomic E-state index is 12.8. The topological polar surface area (TPSA) is 99.7 Å². The largest absolute Gasteiger partial charge is 0.350 e. The fourth-order valence-electron chi connectivity index (χ4n) is 3.54. The Bertz CT molecular complexity index is 829. The van der Waals surface area contributed by atoms with Crippen LogP contribution in [0, 0.1) is 16.0 Å². The number of amides is 1. The summed E-state index contributed by atoms with van der Waals surface area (Å²) in [6.45, 7) is 2.49. The minimum Gasteiger partial charge on any atom is -0.350 e. The Labute approximate surface area is 155 Å². The first-order chi connectivity index (χ1) is 13.1. The van der Waals surface area contributed by atoms with E-state index < -0.39 is 4.92 Å². The smallest absolute Gasteiger partial charge is 0.274 e. The second kappa shape index (κ2) is 7.45. The molecule has 2 aromatic rings. The summed E-state index contributed by atoms with van der Waals surface area (Å²) >= 11 is 0. The molecular formula is C18H20N4O5. The molecule has 1 aromatic carbocycles. The SMILES string of the molecule is O=C(c1ccn(-c2ccc([N+](=O)[O-])cc2)n1)N1CCCC(C2OCCO2)C1. The number of benzene rings is 1. The Kier molecular flexibility index (Phi) is 4.87. The van der Waals surface area contributed by atoms with Crippen molar-refractivity contribution in [3.8, 4) is 5.69 Å². The van der Waals surface area contributed by atoms with Crippen LogP contribution in [-0.4, -0.2) is 58.1 Å². The summed E-state index contributed by atoms with van der Waals surface area (Å²) in [5, 5.41) is 15.1. The number of carbonyl (C=O) groups is 1. The van der Waals surface area contributed by atoms with Gasteiger partial charge < -0.3 is 14.4 Å². The van der Waals surface area contributed by atoms with E-state index in [2.05, 4.69) is 5.10 Å². The third-order valence-electron chi connectivity index (χ3n) is 4.91. The molecular weight excluding hydrogens is 352 g/mol. The van der Waals surface area contributed by atoms with Crippen LogP contribution < -0.4 is 0 Å². The highest BCUT2D eigenvalue weighted by Gasteiger charge is 2.33. The third-order valence-corrected chi connectivity index (χ3v) is 4.91. The molecule has 27 heavy (non-hydrogen) atoms. The second-order valence-corrected chi connectivity index (χ2v) is 6.68. The van der Waals surface area contributed by atoms with Crippen molar-refractivity contribution >= 4 is 11.6 Å². The summed E-state index contributed by atoms with van der Waals surface area (Å²) in [7, 11) is 0. The average Bonchev–Trinajstić information content (AvgIpc) is 3.40. The van der Waals surface area contributed by atoms with Crippen molar-refractivity contribution in [2.24, 2.45) is 5.92 Å². The Morgan fingerprint density at radius 1 is 1.19 bits per heavy atom. The summed E-state index contributed by atoms with van der Waals surface area (Å²) in [6.07, 6.45) is 3.34. The minimum absolute atomic E-state index is 0.0120. The lowest BCUT2D eigenvalue weighted by atomic mass is 9.97. The summed E-state index contributed by atoms with van der Waals surface area (Å²) < 4.78 is 12.7. The van der Waals surface area contributed by atoms with Gasteiger partial charge in [0.05, 0.1) is 23.8 Å². The molecule has 0 bridgehead atoms. The Morgan fingerprint density at radius 2 is 1.93 bits per heavy atom. The Morgan fingerprint density at radius 3 is 2.63 bits per heavy atom. The zero-order valence-electron chi connectivity index (χ0n) is 14.7. The number of hydrogen-bond acceptors (Lipinski definition) is 6. The Hall–Kier alpha value is -2.78. The van der Waals surface area contributed by atoms with Crippen LogP contribution in [0.5, 0.6) is 0 Å². The monoisotopic (exact) mass is 372 g/mol. The van der Waals surface area contributed by atoms with Crippen LogP contribution in [-0.2, 0) is 9.47 Å². The molecule has 1 aromatic heterocycles. The minimum atomic E-state index is -0.452. The number of nitro benzene ring substituents is 1. The maximum atomic E-state index is 12.8. The lowest BCUT2D eigenvalue weighted by molar-refractivity contribution is -0.384.